The van der Waals surface area contributed by atoms with Gasteiger partial charge in [-0.05, 0) is 5.75 Å². The fourth-order valence-corrected chi connectivity index (χ4v) is 1.31. The second-order valence-corrected chi connectivity index (χ2v) is 2.97. The number of thioether (sulfide) groups is 1. The summed E-state index contributed by atoms with van der Waals surface area (Å²) in [5.74, 6) is 1.02. The first-order valence-electron chi connectivity index (χ1n) is 3.13. The van der Waals surface area contributed by atoms with Crippen LogP contribution >= 0.6 is 11.8 Å². The third kappa shape index (κ3) is 1.44. The molecule has 0 aliphatic heterocycles. The van der Waals surface area contributed by atoms with E-state index in [4.69, 9.17) is 4.52 Å². The fourth-order valence-electron chi connectivity index (χ4n) is 0.633. The maximum absolute atomic E-state index is 4.76. The lowest BCUT2D eigenvalue weighted by molar-refractivity contribution is 0.404. The van der Waals surface area contributed by atoms with Gasteiger partial charge >= 0.3 is 0 Å². The van der Waals surface area contributed by atoms with Crippen molar-refractivity contribution in [2.45, 2.75) is 11.9 Å². The molecule has 0 aliphatic rings. The molecule has 56 valence electrons. The maximum atomic E-state index is 4.76. The monoisotopic (exact) mass is 158 g/mol. The molecule has 4 heteroatoms. The van der Waals surface area contributed by atoms with E-state index in [1.165, 1.54) is 0 Å². The van der Waals surface area contributed by atoms with Crippen molar-refractivity contribution in [2.24, 2.45) is 0 Å². The second-order valence-electron chi connectivity index (χ2n) is 1.72. The molecule has 0 atom stereocenters. The number of hydrogen-bond donors (Lipinski definition) is 1. The summed E-state index contributed by atoms with van der Waals surface area (Å²) in [5, 5.41) is 7.72. The minimum Gasteiger partial charge on any atom is -0.383 e. The molecular formula is C6H10N2OS. The van der Waals surface area contributed by atoms with E-state index in [0.29, 0.717) is 0 Å². The number of nitrogens with one attached hydrogen (secondary N) is 1. The molecule has 0 bridgehead atoms. The zero-order valence-electron chi connectivity index (χ0n) is 6.05. The van der Waals surface area contributed by atoms with Crippen LogP contribution in [0.4, 0.5) is 5.69 Å². The Labute approximate surface area is 64.2 Å². The minimum atomic E-state index is 0.935. The van der Waals surface area contributed by atoms with Crippen LogP contribution in [0.25, 0.3) is 0 Å². The molecule has 10 heavy (non-hydrogen) atoms. The van der Waals surface area contributed by atoms with E-state index in [0.717, 1.165) is 16.5 Å². The van der Waals surface area contributed by atoms with Crippen LogP contribution in [-0.2, 0) is 0 Å². The normalized spacial score (nSPS) is 9.80. The van der Waals surface area contributed by atoms with Crippen LogP contribution in [0.3, 0.4) is 0 Å². The number of rotatable bonds is 3. The van der Waals surface area contributed by atoms with Crippen LogP contribution in [0.2, 0.25) is 0 Å². The Morgan fingerprint density at radius 2 is 2.60 bits per heavy atom. The largest absolute Gasteiger partial charge is 0.383 e. The van der Waals surface area contributed by atoms with Gasteiger partial charge in [-0.3, -0.25) is 0 Å². The molecule has 0 radical (unpaired) electrons. The van der Waals surface area contributed by atoms with Gasteiger partial charge in [0.2, 0.25) is 0 Å². The van der Waals surface area contributed by atoms with E-state index in [2.05, 4.69) is 17.4 Å². The SMILES string of the molecule is CCSc1nocc1NC. The number of hydrogen-bond acceptors (Lipinski definition) is 4. The first-order valence-corrected chi connectivity index (χ1v) is 4.12. The van der Waals surface area contributed by atoms with Crippen LogP contribution in [-0.4, -0.2) is 18.0 Å². The van der Waals surface area contributed by atoms with Crippen molar-refractivity contribution in [2.75, 3.05) is 18.1 Å². The van der Waals surface area contributed by atoms with Gasteiger partial charge < -0.3 is 9.84 Å². The van der Waals surface area contributed by atoms with E-state index in [9.17, 15) is 0 Å². The zero-order chi connectivity index (χ0) is 7.40. The standard InChI is InChI=1S/C6H10N2OS/c1-3-10-6-5(7-2)4-9-8-6/h4,7H,3H2,1-2H3. The van der Waals surface area contributed by atoms with E-state index in [1.807, 2.05) is 7.05 Å². The number of anilines is 1. The van der Waals surface area contributed by atoms with Crippen LogP contribution in [0.15, 0.2) is 15.8 Å². The highest BCUT2D eigenvalue weighted by molar-refractivity contribution is 7.99. The smallest absolute Gasteiger partial charge is 0.162 e. The molecule has 1 rings (SSSR count). The summed E-state index contributed by atoms with van der Waals surface area (Å²) in [5.41, 5.74) is 0.965. The number of nitrogens with zero attached hydrogens (tertiary/aromatic N) is 1. The Morgan fingerprint density at radius 3 is 3.20 bits per heavy atom. The summed E-state index contributed by atoms with van der Waals surface area (Å²) in [6.07, 6.45) is 1.61. The van der Waals surface area contributed by atoms with Gasteiger partial charge in [-0.15, -0.1) is 11.8 Å². The van der Waals surface area contributed by atoms with Gasteiger partial charge in [0.05, 0.1) is 0 Å². The summed E-state index contributed by atoms with van der Waals surface area (Å²) in [6, 6.07) is 0. The van der Waals surface area contributed by atoms with Crippen LogP contribution < -0.4 is 5.32 Å². The summed E-state index contributed by atoms with van der Waals surface area (Å²) in [4.78, 5) is 0. The molecule has 0 amide bonds. The van der Waals surface area contributed by atoms with Gasteiger partial charge in [0.1, 0.15) is 12.0 Å². The Hall–Kier alpha value is -0.640. The summed E-state index contributed by atoms with van der Waals surface area (Å²) in [7, 11) is 1.85. The van der Waals surface area contributed by atoms with Crippen molar-refractivity contribution >= 4 is 17.4 Å². The minimum absolute atomic E-state index is 0.935. The van der Waals surface area contributed by atoms with Crippen LogP contribution in [0.1, 0.15) is 6.92 Å². The molecule has 1 heterocycles. The third-order valence-corrected chi connectivity index (χ3v) is 1.94. The summed E-state index contributed by atoms with van der Waals surface area (Å²) >= 11 is 1.67. The van der Waals surface area contributed by atoms with Gasteiger partial charge in [-0.25, -0.2) is 0 Å². The number of aromatic nitrogens is 1. The third-order valence-electron chi connectivity index (χ3n) is 1.09. The van der Waals surface area contributed by atoms with E-state index >= 15 is 0 Å². The second kappa shape index (κ2) is 3.51. The van der Waals surface area contributed by atoms with Crippen LogP contribution in [0, 0.1) is 0 Å². The highest BCUT2D eigenvalue weighted by Gasteiger charge is 2.03. The molecule has 0 aliphatic carbocycles. The van der Waals surface area contributed by atoms with Crippen LogP contribution in [0.5, 0.6) is 0 Å². The highest BCUT2D eigenvalue weighted by atomic mass is 32.2. The lowest BCUT2D eigenvalue weighted by Crippen LogP contribution is -1.86. The first-order chi connectivity index (χ1) is 4.88. The average molecular weight is 158 g/mol. The van der Waals surface area contributed by atoms with E-state index in [1.54, 1.807) is 18.0 Å². The quantitative estimate of drug-likeness (QED) is 0.681. The molecular weight excluding hydrogens is 148 g/mol. The molecule has 0 unspecified atom stereocenters. The lowest BCUT2D eigenvalue weighted by atomic mass is 10.6. The van der Waals surface area contributed by atoms with E-state index < -0.39 is 0 Å². The molecule has 3 nitrogen and oxygen atoms in total. The van der Waals surface area contributed by atoms with Gasteiger partial charge in [0, 0.05) is 7.05 Å². The predicted octanol–water partition coefficient (Wildman–Crippen LogP) is 1.83. The molecule has 1 aromatic heterocycles. The first kappa shape index (κ1) is 7.47. The Kier molecular flexibility index (Phi) is 2.62. The Balaban J connectivity index is 2.70. The van der Waals surface area contributed by atoms with Crippen molar-refractivity contribution in [1.29, 1.82) is 0 Å². The van der Waals surface area contributed by atoms with Gasteiger partial charge in [0.15, 0.2) is 5.03 Å². The Bertz CT molecular complexity index is 199. The predicted molar refractivity (Wildman–Crippen MR) is 42.4 cm³/mol. The Morgan fingerprint density at radius 1 is 1.80 bits per heavy atom. The van der Waals surface area contributed by atoms with E-state index in [-0.39, 0.29) is 0 Å². The molecule has 1 aromatic rings. The molecule has 0 fully saturated rings. The molecule has 1 N–H and O–H groups in total. The van der Waals surface area contributed by atoms with Crippen molar-refractivity contribution in [3.05, 3.63) is 6.26 Å². The molecule has 0 saturated carbocycles. The lowest BCUT2D eigenvalue weighted by Gasteiger charge is -1.94. The average Bonchev–Trinajstić information content (AvgIpc) is 2.36. The van der Waals surface area contributed by atoms with Gasteiger partial charge in [-0.1, -0.05) is 12.1 Å². The summed E-state index contributed by atoms with van der Waals surface area (Å²) < 4.78 is 4.76. The van der Waals surface area contributed by atoms with Crippen molar-refractivity contribution in [3.8, 4) is 0 Å². The molecule has 0 aromatic carbocycles. The summed E-state index contributed by atoms with van der Waals surface area (Å²) in [6.45, 7) is 2.08. The van der Waals surface area contributed by atoms with Gasteiger partial charge in [-0.2, -0.15) is 0 Å². The zero-order valence-corrected chi connectivity index (χ0v) is 6.86. The maximum Gasteiger partial charge on any atom is 0.162 e. The van der Waals surface area contributed by atoms with Crippen molar-refractivity contribution in [3.63, 3.8) is 0 Å². The molecule has 0 spiro atoms. The van der Waals surface area contributed by atoms with Crippen molar-refractivity contribution in [1.82, 2.24) is 5.16 Å². The fraction of sp³-hybridized carbons (Fsp3) is 0.500. The molecule has 0 saturated heterocycles. The topological polar surface area (TPSA) is 38.1 Å². The highest BCUT2D eigenvalue weighted by Crippen LogP contribution is 2.24. The van der Waals surface area contributed by atoms with Crippen molar-refractivity contribution < 1.29 is 4.52 Å². The van der Waals surface area contributed by atoms with Gasteiger partial charge in [0.25, 0.3) is 0 Å².